The molecule has 7 nitrogen and oxygen atoms in total. The standard InChI is InChI=1S/C20H17F2N5O2/c21-15-5-4-12(8-16(15)22)9-26-20(29)13-3-1-2-11(6-13)7-14-10-25-18(23)17(27-14)19(24)28/h1-6,8,10H,7,9H2,(H2,23,25)(H2,24,28)(H,26,29). The van der Waals surface area contributed by atoms with Crippen LogP contribution in [0.1, 0.15) is 37.7 Å². The van der Waals surface area contributed by atoms with Gasteiger partial charge in [-0.15, -0.1) is 0 Å². The summed E-state index contributed by atoms with van der Waals surface area (Å²) in [4.78, 5) is 31.7. The zero-order valence-electron chi connectivity index (χ0n) is 15.2. The molecule has 0 spiro atoms. The maximum absolute atomic E-state index is 13.3. The van der Waals surface area contributed by atoms with Gasteiger partial charge in [0.25, 0.3) is 11.8 Å². The van der Waals surface area contributed by atoms with Crippen molar-refractivity contribution in [3.8, 4) is 0 Å². The van der Waals surface area contributed by atoms with Crippen molar-refractivity contribution in [2.45, 2.75) is 13.0 Å². The lowest BCUT2D eigenvalue weighted by molar-refractivity contribution is 0.0949. The number of carbonyl (C=O) groups is 2. The van der Waals surface area contributed by atoms with Crippen LogP contribution in [-0.2, 0) is 13.0 Å². The lowest BCUT2D eigenvalue weighted by Crippen LogP contribution is -2.23. The fraction of sp³-hybridized carbons (Fsp3) is 0.100. The van der Waals surface area contributed by atoms with E-state index in [9.17, 15) is 18.4 Å². The predicted octanol–water partition coefficient (Wildman–Crippen LogP) is 1.96. The van der Waals surface area contributed by atoms with Gasteiger partial charge < -0.3 is 16.8 Å². The van der Waals surface area contributed by atoms with Crippen LogP contribution < -0.4 is 16.8 Å². The van der Waals surface area contributed by atoms with Crippen LogP contribution in [0.3, 0.4) is 0 Å². The van der Waals surface area contributed by atoms with Gasteiger partial charge in [-0.3, -0.25) is 9.59 Å². The zero-order valence-corrected chi connectivity index (χ0v) is 15.2. The summed E-state index contributed by atoms with van der Waals surface area (Å²) in [6.45, 7) is 0.0473. The van der Waals surface area contributed by atoms with Gasteiger partial charge in [0.05, 0.1) is 11.9 Å². The molecule has 5 N–H and O–H groups in total. The van der Waals surface area contributed by atoms with E-state index >= 15 is 0 Å². The van der Waals surface area contributed by atoms with Crippen LogP contribution in [0.15, 0.2) is 48.7 Å². The second kappa shape index (κ2) is 8.42. The minimum Gasteiger partial charge on any atom is -0.382 e. The molecule has 3 aromatic rings. The Hall–Kier alpha value is -3.88. The highest BCUT2D eigenvalue weighted by molar-refractivity contribution is 5.95. The molecule has 2 amide bonds. The zero-order chi connectivity index (χ0) is 21.0. The van der Waals surface area contributed by atoms with E-state index in [2.05, 4.69) is 15.3 Å². The van der Waals surface area contributed by atoms with E-state index in [4.69, 9.17) is 11.5 Å². The van der Waals surface area contributed by atoms with E-state index in [0.29, 0.717) is 23.2 Å². The summed E-state index contributed by atoms with van der Waals surface area (Å²) in [5.74, 6) is -3.12. The van der Waals surface area contributed by atoms with Gasteiger partial charge in [0.1, 0.15) is 0 Å². The predicted molar refractivity (Wildman–Crippen MR) is 102 cm³/mol. The lowest BCUT2D eigenvalue weighted by atomic mass is 10.1. The van der Waals surface area contributed by atoms with Crippen molar-refractivity contribution in [2.24, 2.45) is 5.73 Å². The van der Waals surface area contributed by atoms with Gasteiger partial charge >= 0.3 is 0 Å². The summed E-state index contributed by atoms with van der Waals surface area (Å²) in [5.41, 5.74) is 12.7. The minimum atomic E-state index is -0.973. The van der Waals surface area contributed by atoms with Gasteiger partial charge in [0, 0.05) is 18.5 Å². The topological polar surface area (TPSA) is 124 Å². The number of carbonyl (C=O) groups excluding carboxylic acids is 2. The summed E-state index contributed by atoms with van der Waals surface area (Å²) >= 11 is 0. The van der Waals surface area contributed by atoms with Gasteiger partial charge in [-0.2, -0.15) is 0 Å². The van der Waals surface area contributed by atoms with Crippen LogP contribution in [0.4, 0.5) is 14.6 Å². The Labute approximate surface area is 164 Å². The average molecular weight is 397 g/mol. The molecule has 1 aromatic heterocycles. The van der Waals surface area contributed by atoms with E-state index < -0.39 is 17.5 Å². The number of nitrogens with zero attached hydrogens (tertiary/aromatic N) is 2. The molecule has 0 saturated carbocycles. The highest BCUT2D eigenvalue weighted by atomic mass is 19.2. The molecular formula is C20H17F2N5O2. The molecule has 0 fully saturated rings. The molecule has 148 valence electrons. The summed E-state index contributed by atoms with van der Waals surface area (Å²) in [7, 11) is 0. The van der Waals surface area contributed by atoms with E-state index in [1.54, 1.807) is 24.3 Å². The molecule has 0 unspecified atom stereocenters. The van der Waals surface area contributed by atoms with Crippen LogP contribution in [0.2, 0.25) is 0 Å². The Morgan fingerprint density at radius 1 is 1.03 bits per heavy atom. The van der Waals surface area contributed by atoms with E-state index in [0.717, 1.165) is 17.7 Å². The second-order valence-electron chi connectivity index (χ2n) is 6.27. The smallest absolute Gasteiger partial charge is 0.271 e. The first-order chi connectivity index (χ1) is 13.8. The van der Waals surface area contributed by atoms with Gasteiger partial charge in [-0.05, 0) is 35.4 Å². The Bertz CT molecular complexity index is 1090. The highest BCUT2D eigenvalue weighted by Gasteiger charge is 2.12. The number of halogens is 2. The molecule has 1 heterocycles. The van der Waals surface area contributed by atoms with Crippen molar-refractivity contribution < 1.29 is 18.4 Å². The third-order valence-corrected chi connectivity index (χ3v) is 4.10. The quantitative estimate of drug-likeness (QED) is 0.587. The first-order valence-corrected chi connectivity index (χ1v) is 8.55. The van der Waals surface area contributed by atoms with Gasteiger partial charge in [0.2, 0.25) is 0 Å². The lowest BCUT2D eigenvalue weighted by Gasteiger charge is -2.08. The summed E-state index contributed by atoms with van der Waals surface area (Å²) in [5, 5.41) is 2.65. The van der Waals surface area contributed by atoms with Gasteiger partial charge in [0.15, 0.2) is 23.1 Å². The number of rotatable bonds is 6. The number of hydrogen-bond donors (Lipinski definition) is 3. The first kappa shape index (κ1) is 19.9. The summed E-state index contributed by atoms with van der Waals surface area (Å²) in [6, 6.07) is 10.2. The summed E-state index contributed by atoms with van der Waals surface area (Å²) in [6.07, 6.45) is 1.73. The number of aromatic nitrogens is 2. The maximum Gasteiger partial charge on any atom is 0.271 e. The number of hydrogen-bond acceptors (Lipinski definition) is 5. The van der Waals surface area contributed by atoms with E-state index in [1.165, 1.54) is 12.3 Å². The van der Waals surface area contributed by atoms with Gasteiger partial charge in [-0.25, -0.2) is 18.7 Å². The number of primary amides is 1. The van der Waals surface area contributed by atoms with Crippen LogP contribution in [0.25, 0.3) is 0 Å². The largest absolute Gasteiger partial charge is 0.382 e. The number of nitrogen functional groups attached to an aromatic ring is 1. The molecule has 0 radical (unpaired) electrons. The molecule has 0 saturated heterocycles. The number of benzene rings is 2. The van der Waals surface area contributed by atoms with Gasteiger partial charge in [-0.1, -0.05) is 18.2 Å². The normalized spacial score (nSPS) is 10.6. The Balaban J connectivity index is 1.70. The molecule has 2 aromatic carbocycles. The second-order valence-corrected chi connectivity index (χ2v) is 6.27. The fourth-order valence-electron chi connectivity index (χ4n) is 2.67. The highest BCUT2D eigenvalue weighted by Crippen LogP contribution is 2.13. The molecule has 3 rings (SSSR count). The third kappa shape index (κ3) is 4.89. The Morgan fingerprint density at radius 3 is 2.55 bits per heavy atom. The molecule has 0 aliphatic rings. The van der Waals surface area contributed by atoms with Crippen molar-refractivity contribution in [2.75, 3.05) is 5.73 Å². The number of amides is 2. The number of nitrogens with one attached hydrogen (secondary N) is 1. The number of anilines is 1. The molecule has 0 aliphatic heterocycles. The SMILES string of the molecule is NC(=O)c1nc(Cc2cccc(C(=O)NCc3ccc(F)c(F)c3)c2)cnc1N. The first-order valence-electron chi connectivity index (χ1n) is 8.55. The monoisotopic (exact) mass is 397 g/mol. The van der Waals surface area contributed by atoms with Crippen LogP contribution in [0, 0.1) is 11.6 Å². The summed E-state index contributed by atoms with van der Waals surface area (Å²) < 4.78 is 26.2. The molecular weight excluding hydrogens is 380 g/mol. The van der Waals surface area contributed by atoms with Crippen LogP contribution >= 0.6 is 0 Å². The Kier molecular flexibility index (Phi) is 5.77. The molecule has 9 heteroatoms. The van der Waals surface area contributed by atoms with E-state index in [1.807, 2.05) is 0 Å². The average Bonchev–Trinajstić information content (AvgIpc) is 2.70. The van der Waals surface area contributed by atoms with Crippen molar-refractivity contribution >= 4 is 17.6 Å². The van der Waals surface area contributed by atoms with Crippen molar-refractivity contribution in [1.82, 2.24) is 15.3 Å². The molecule has 29 heavy (non-hydrogen) atoms. The van der Waals surface area contributed by atoms with Crippen LogP contribution in [0.5, 0.6) is 0 Å². The van der Waals surface area contributed by atoms with E-state index in [-0.39, 0.29) is 24.0 Å². The molecule has 0 aliphatic carbocycles. The third-order valence-electron chi connectivity index (χ3n) is 4.10. The minimum absolute atomic E-state index is 0.0473. The maximum atomic E-state index is 13.3. The fourth-order valence-corrected chi connectivity index (χ4v) is 2.67. The number of nitrogens with two attached hydrogens (primary N) is 2. The molecule has 0 bridgehead atoms. The van der Waals surface area contributed by atoms with Crippen molar-refractivity contribution in [3.63, 3.8) is 0 Å². The van der Waals surface area contributed by atoms with Crippen molar-refractivity contribution in [3.05, 3.63) is 88.4 Å². The molecule has 0 atom stereocenters. The van der Waals surface area contributed by atoms with Crippen molar-refractivity contribution in [1.29, 1.82) is 0 Å². The van der Waals surface area contributed by atoms with Crippen LogP contribution in [-0.4, -0.2) is 21.8 Å². The Morgan fingerprint density at radius 2 is 1.83 bits per heavy atom.